The lowest BCUT2D eigenvalue weighted by Gasteiger charge is -2.10. The second-order valence-corrected chi connectivity index (χ2v) is 5.94. The SMILES string of the molecule is C=CCN1CC(OS(=O)(=O)c2ccc(C)cc2)OC1=O. The van der Waals surface area contributed by atoms with Gasteiger partial charge < -0.3 is 4.74 Å². The highest BCUT2D eigenvalue weighted by atomic mass is 32.2. The Morgan fingerprint density at radius 2 is 2.10 bits per heavy atom. The molecule has 1 aromatic carbocycles. The number of hydrogen-bond acceptors (Lipinski definition) is 5. The minimum Gasteiger partial charge on any atom is -0.416 e. The molecule has 1 saturated heterocycles. The molecule has 6 nitrogen and oxygen atoms in total. The molecular formula is C13H15NO5S. The normalized spacial score (nSPS) is 18.9. The molecule has 1 aromatic rings. The Hall–Kier alpha value is -1.86. The zero-order valence-electron chi connectivity index (χ0n) is 11.0. The lowest BCUT2D eigenvalue weighted by molar-refractivity contribution is 0.0106. The smallest absolute Gasteiger partial charge is 0.412 e. The van der Waals surface area contributed by atoms with E-state index in [2.05, 4.69) is 6.58 Å². The number of aryl methyl sites for hydroxylation is 1. The van der Waals surface area contributed by atoms with Crippen molar-refractivity contribution in [3.05, 3.63) is 42.5 Å². The van der Waals surface area contributed by atoms with Crippen LogP contribution in [0.25, 0.3) is 0 Å². The predicted molar refractivity (Wildman–Crippen MR) is 71.5 cm³/mol. The fraction of sp³-hybridized carbons (Fsp3) is 0.308. The Morgan fingerprint density at radius 3 is 2.70 bits per heavy atom. The van der Waals surface area contributed by atoms with E-state index >= 15 is 0 Å². The zero-order valence-corrected chi connectivity index (χ0v) is 11.8. The van der Waals surface area contributed by atoms with Crippen LogP contribution in [0.4, 0.5) is 4.79 Å². The molecule has 1 heterocycles. The molecule has 1 atom stereocenters. The van der Waals surface area contributed by atoms with E-state index in [1.807, 2.05) is 6.92 Å². The monoisotopic (exact) mass is 297 g/mol. The average Bonchev–Trinajstić information content (AvgIpc) is 2.70. The molecular weight excluding hydrogens is 282 g/mol. The van der Waals surface area contributed by atoms with Crippen molar-refractivity contribution in [2.24, 2.45) is 0 Å². The highest BCUT2D eigenvalue weighted by Gasteiger charge is 2.35. The molecule has 0 aromatic heterocycles. The molecule has 1 aliphatic rings. The van der Waals surface area contributed by atoms with Gasteiger partial charge in [-0.25, -0.2) is 8.98 Å². The fourth-order valence-corrected chi connectivity index (χ4v) is 2.70. The standard InChI is InChI=1S/C13H15NO5S/c1-3-8-14-9-12(18-13(14)15)19-20(16,17)11-6-4-10(2)5-7-11/h3-7,12H,1,8-9H2,2H3. The first-order valence-corrected chi connectivity index (χ1v) is 7.39. The lowest BCUT2D eigenvalue weighted by Crippen LogP contribution is -2.26. The first-order valence-electron chi connectivity index (χ1n) is 5.99. The zero-order chi connectivity index (χ0) is 14.8. The minimum atomic E-state index is -3.95. The Morgan fingerprint density at radius 1 is 1.45 bits per heavy atom. The van der Waals surface area contributed by atoms with Crippen LogP contribution < -0.4 is 0 Å². The molecule has 108 valence electrons. The molecule has 0 bridgehead atoms. The Kier molecular flexibility index (Phi) is 4.10. The topological polar surface area (TPSA) is 72.9 Å². The molecule has 0 saturated carbocycles. The summed E-state index contributed by atoms with van der Waals surface area (Å²) < 4.78 is 33.8. The van der Waals surface area contributed by atoms with E-state index in [4.69, 9.17) is 8.92 Å². The second kappa shape index (κ2) is 5.64. The molecule has 0 radical (unpaired) electrons. The number of amides is 1. The van der Waals surface area contributed by atoms with Gasteiger partial charge in [0.2, 0.25) is 6.29 Å². The van der Waals surface area contributed by atoms with E-state index in [1.54, 1.807) is 12.1 Å². The van der Waals surface area contributed by atoms with Crippen molar-refractivity contribution in [3.63, 3.8) is 0 Å². The van der Waals surface area contributed by atoms with Gasteiger partial charge in [0, 0.05) is 6.54 Å². The van der Waals surface area contributed by atoms with E-state index in [1.165, 1.54) is 23.1 Å². The van der Waals surface area contributed by atoms with Crippen molar-refractivity contribution < 1.29 is 22.1 Å². The van der Waals surface area contributed by atoms with E-state index in [-0.39, 0.29) is 18.0 Å². The second-order valence-electron chi connectivity index (χ2n) is 4.37. The maximum Gasteiger partial charge on any atom is 0.412 e. The molecule has 1 amide bonds. The van der Waals surface area contributed by atoms with Crippen LogP contribution in [0.15, 0.2) is 41.8 Å². The average molecular weight is 297 g/mol. The summed E-state index contributed by atoms with van der Waals surface area (Å²) in [5.74, 6) is 0. The third-order valence-electron chi connectivity index (χ3n) is 2.75. The van der Waals surface area contributed by atoms with Crippen molar-refractivity contribution in [2.75, 3.05) is 13.1 Å². The highest BCUT2D eigenvalue weighted by Crippen LogP contribution is 2.19. The summed E-state index contributed by atoms with van der Waals surface area (Å²) in [4.78, 5) is 12.8. The third kappa shape index (κ3) is 3.17. The van der Waals surface area contributed by atoms with Gasteiger partial charge in [-0.05, 0) is 19.1 Å². The minimum absolute atomic E-state index is 0.0290. The van der Waals surface area contributed by atoms with Gasteiger partial charge in [-0.2, -0.15) is 8.42 Å². The van der Waals surface area contributed by atoms with Crippen molar-refractivity contribution in [1.82, 2.24) is 4.90 Å². The Labute approximate surface area is 117 Å². The summed E-state index contributed by atoms with van der Waals surface area (Å²) in [6, 6.07) is 6.23. The van der Waals surface area contributed by atoms with E-state index < -0.39 is 22.5 Å². The Balaban J connectivity index is 2.08. The molecule has 20 heavy (non-hydrogen) atoms. The number of cyclic esters (lactones) is 1. The van der Waals surface area contributed by atoms with Crippen LogP contribution in [0.5, 0.6) is 0 Å². The van der Waals surface area contributed by atoms with Crippen LogP contribution in [0, 0.1) is 6.92 Å². The van der Waals surface area contributed by atoms with Crippen LogP contribution in [0.3, 0.4) is 0 Å². The number of hydrogen-bond donors (Lipinski definition) is 0. The first kappa shape index (κ1) is 14.5. The summed E-state index contributed by atoms with van der Waals surface area (Å²) in [6.45, 7) is 5.69. The van der Waals surface area contributed by atoms with Gasteiger partial charge in [0.1, 0.15) is 0 Å². The lowest BCUT2D eigenvalue weighted by atomic mass is 10.2. The summed E-state index contributed by atoms with van der Waals surface area (Å²) in [5.41, 5.74) is 0.938. The van der Waals surface area contributed by atoms with E-state index in [0.29, 0.717) is 0 Å². The summed E-state index contributed by atoms with van der Waals surface area (Å²) in [6.07, 6.45) is -0.222. The first-order chi connectivity index (χ1) is 9.42. The summed E-state index contributed by atoms with van der Waals surface area (Å²) in [5, 5.41) is 0. The molecule has 1 aliphatic heterocycles. The molecule has 0 aliphatic carbocycles. The van der Waals surface area contributed by atoms with Crippen LogP contribution in [0.1, 0.15) is 5.56 Å². The number of ether oxygens (including phenoxy) is 1. The Bertz CT molecular complexity index is 608. The number of rotatable bonds is 5. The van der Waals surface area contributed by atoms with Crippen molar-refractivity contribution in [3.8, 4) is 0 Å². The van der Waals surface area contributed by atoms with Gasteiger partial charge in [0.05, 0.1) is 11.4 Å². The number of carbonyl (C=O) groups excluding carboxylic acids is 1. The van der Waals surface area contributed by atoms with Crippen LogP contribution in [-0.2, 0) is 19.0 Å². The molecule has 7 heteroatoms. The summed E-state index contributed by atoms with van der Waals surface area (Å²) in [7, 11) is -3.95. The van der Waals surface area contributed by atoms with E-state index in [0.717, 1.165) is 5.56 Å². The van der Waals surface area contributed by atoms with Crippen LogP contribution >= 0.6 is 0 Å². The van der Waals surface area contributed by atoms with E-state index in [9.17, 15) is 13.2 Å². The van der Waals surface area contributed by atoms with Gasteiger partial charge in [0.25, 0.3) is 10.1 Å². The molecule has 0 N–H and O–H groups in total. The predicted octanol–water partition coefficient (Wildman–Crippen LogP) is 1.66. The van der Waals surface area contributed by atoms with Crippen molar-refractivity contribution in [1.29, 1.82) is 0 Å². The van der Waals surface area contributed by atoms with Gasteiger partial charge >= 0.3 is 6.09 Å². The number of carbonyl (C=O) groups is 1. The highest BCUT2D eigenvalue weighted by molar-refractivity contribution is 7.86. The summed E-state index contributed by atoms with van der Waals surface area (Å²) >= 11 is 0. The maximum atomic E-state index is 12.0. The maximum absolute atomic E-state index is 12.0. The van der Waals surface area contributed by atoms with Crippen LogP contribution in [0.2, 0.25) is 0 Å². The van der Waals surface area contributed by atoms with Gasteiger partial charge in [-0.1, -0.05) is 23.8 Å². The molecule has 1 fully saturated rings. The van der Waals surface area contributed by atoms with Crippen LogP contribution in [-0.4, -0.2) is 38.8 Å². The molecule has 0 spiro atoms. The van der Waals surface area contributed by atoms with Gasteiger partial charge in [-0.3, -0.25) is 4.90 Å². The quantitative estimate of drug-likeness (QED) is 0.610. The number of nitrogens with zero attached hydrogens (tertiary/aromatic N) is 1. The fourth-order valence-electron chi connectivity index (χ4n) is 1.74. The van der Waals surface area contributed by atoms with Crippen molar-refractivity contribution in [2.45, 2.75) is 18.1 Å². The van der Waals surface area contributed by atoms with Crippen molar-refractivity contribution >= 4 is 16.2 Å². The largest absolute Gasteiger partial charge is 0.416 e. The molecule has 1 unspecified atom stereocenters. The van der Waals surface area contributed by atoms with Gasteiger partial charge in [0.15, 0.2) is 0 Å². The third-order valence-corrected chi connectivity index (χ3v) is 4.07. The van der Waals surface area contributed by atoms with Gasteiger partial charge in [-0.15, -0.1) is 6.58 Å². The number of benzene rings is 1. The molecule has 2 rings (SSSR count).